The minimum atomic E-state index is -1.29. The maximum Gasteiger partial charge on any atom is 0.409 e. The van der Waals surface area contributed by atoms with E-state index in [1.165, 1.54) is 34.9 Å². The first-order valence-corrected chi connectivity index (χ1v) is 10.5. The Bertz CT molecular complexity index is 1070. The monoisotopic (exact) mass is 459 g/mol. The van der Waals surface area contributed by atoms with Crippen molar-refractivity contribution in [3.05, 3.63) is 75.5 Å². The number of thioether (sulfide) groups is 1. The smallest absolute Gasteiger partial charge is 0.409 e. The van der Waals surface area contributed by atoms with Gasteiger partial charge in [0.15, 0.2) is 5.50 Å². The second kappa shape index (κ2) is 9.60. The van der Waals surface area contributed by atoms with Crippen LogP contribution in [0.2, 0.25) is 0 Å². The minimum Gasteiger partial charge on any atom is -0.497 e. The number of aliphatic carboxylic acids is 1. The van der Waals surface area contributed by atoms with Crippen LogP contribution in [0.4, 0.5) is 16.2 Å². The van der Waals surface area contributed by atoms with Crippen molar-refractivity contribution in [3.63, 3.8) is 0 Å². The van der Waals surface area contributed by atoms with E-state index in [0.717, 1.165) is 10.5 Å². The lowest BCUT2D eigenvalue weighted by Gasteiger charge is -2.43. The van der Waals surface area contributed by atoms with E-state index in [2.05, 4.69) is 0 Å². The molecule has 1 heterocycles. The molecule has 1 atom stereocenters. The van der Waals surface area contributed by atoms with Crippen molar-refractivity contribution in [2.24, 2.45) is 0 Å². The van der Waals surface area contributed by atoms with Gasteiger partial charge in [-0.15, -0.1) is 11.8 Å². The Hall–Kier alpha value is -3.73. The van der Waals surface area contributed by atoms with Crippen LogP contribution in [0.15, 0.2) is 59.8 Å². The summed E-state index contributed by atoms with van der Waals surface area (Å²) >= 11 is 1.27. The van der Waals surface area contributed by atoms with Crippen LogP contribution in [0.25, 0.3) is 0 Å². The Balaban J connectivity index is 2.03. The minimum absolute atomic E-state index is 0.0970. The van der Waals surface area contributed by atoms with Crippen molar-refractivity contribution in [2.75, 3.05) is 18.6 Å². The summed E-state index contributed by atoms with van der Waals surface area (Å²) < 4.78 is 5.15. The number of non-ortho nitro benzene ring substituents is 1. The number of methoxy groups -OCH3 is 1. The van der Waals surface area contributed by atoms with Gasteiger partial charge in [-0.25, -0.2) is 9.59 Å². The van der Waals surface area contributed by atoms with E-state index >= 15 is 0 Å². The molecule has 32 heavy (non-hydrogen) atoms. The highest BCUT2D eigenvalue weighted by Gasteiger charge is 2.39. The quantitative estimate of drug-likeness (QED) is 0.466. The third kappa shape index (κ3) is 4.78. The number of carboxylic acid groups (broad SMARTS) is 2. The molecule has 1 aliphatic heterocycles. The number of carbonyl (C=O) groups is 2. The molecule has 168 valence electrons. The fourth-order valence-electron chi connectivity index (χ4n) is 3.33. The zero-order valence-corrected chi connectivity index (χ0v) is 18.1. The highest BCUT2D eigenvalue weighted by Crippen LogP contribution is 2.38. The van der Waals surface area contributed by atoms with Gasteiger partial charge in [0.25, 0.3) is 5.69 Å². The number of rotatable bonds is 7. The zero-order chi connectivity index (χ0) is 23.4. The molecule has 0 aliphatic carbocycles. The molecule has 10 nitrogen and oxygen atoms in total. The number of nitro benzene ring substituents is 1. The molecule has 0 aromatic heterocycles. The van der Waals surface area contributed by atoms with Crippen LogP contribution in [0.1, 0.15) is 12.5 Å². The van der Waals surface area contributed by atoms with E-state index < -0.39 is 22.5 Å². The zero-order valence-electron chi connectivity index (χ0n) is 17.3. The number of ether oxygens (including phenoxy) is 1. The van der Waals surface area contributed by atoms with Crippen LogP contribution in [-0.4, -0.2) is 51.3 Å². The van der Waals surface area contributed by atoms with Crippen LogP contribution in [0.5, 0.6) is 5.75 Å². The number of hydrogen-bond donors (Lipinski definition) is 2. The Morgan fingerprint density at radius 3 is 2.47 bits per heavy atom. The third-order valence-electron chi connectivity index (χ3n) is 4.99. The first-order chi connectivity index (χ1) is 15.2. The van der Waals surface area contributed by atoms with Crippen LogP contribution in [0, 0.1) is 10.1 Å². The van der Waals surface area contributed by atoms with E-state index in [1.54, 1.807) is 32.2 Å². The average molecular weight is 459 g/mol. The van der Waals surface area contributed by atoms with Gasteiger partial charge in [0.2, 0.25) is 0 Å². The number of hydrogen-bond acceptors (Lipinski definition) is 7. The van der Waals surface area contributed by atoms with Gasteiger partial charge in [0.1, 0.15) is 5.75 Å². The van der Waals surface area contributed by atoms with Gasteiger partial charge in [0.05, 0.1) is 29.8 Å². The largest absolute Gasteiger partial charge is 0.497 e. The van der Waals surface area contributed by atoms with Gasteiger partial charge >= 0.3 is 12.1 Å². The maximum absolute atomic E-state index is 12.0. The summed E-state index contributed by atoms with van der Waals surface area (Å²) in [6, 6.07) is 13.0. The second-order valence-corrected chi connectivity index (χ2v) is 7.96. The summed E-state index contributed by atoms with van der Waals surface area (Å²) in [5.74, 6) is -0.144. The van der Waals surface area contributed by atoms with Crippen molar-refractivity contribution < 1.29 is 29.5 Å². The highest BCUT2D eigenvalue weighted by atomic mass is 32.2. The SMILES string of the molecule is COc1ccc(CSC2N(C(=O)O)CC(C(=O)O)=C(C)N2c2cccc([N+](=O)[O-])c2)cc1. The van der Waals surface area contributed by atoms with Crippen molar-refractivity contribution in [1.29, 1.82) is 0 Å². The predicted octanol–water partition coefficient (Wildman–Crippen LogP) is 3.98. The Labute approximate surface area is 187 Å². The standard InChI is InChI=1S/C21H21N3O7S/c1-13-18(19(25)26)11-22(21(27)28)20(32-12-14-6-8-17(31-2)9-7-14)23(13)15-4-3-5-16(10-15)24(29)30/h3-10,20H,11-12H2,1-2H3,(H,25,26)(H,27,28). The summed E-state index contributed by atoms with van der Waals surface area (Å²) in [6.45, 7) is 1.27. The molecule has 11 heteroatoms. The van der Waals surface area contributed by atoms with E-state index in [4.69, 9.17) is 4.74 Å². The Morgan fingerprint density at radius 2 is 1.91 bits per heavy atom. The molecule has 0 bridgehead atoms. The number of nitrogens with zero attached hydrogens (tertiary/aromatic N) is 3. The topological polar surface area (TPSA) is 133 Å². The van der Waals surface area contributed by atoms with Crippen molar-refractivity contribution in [1.82, 2.24) is 4.90 Å². The molecule has 0 saturated heterocycles. The molecular formula is C21H21N3O7S. The van der Waals surface area contributed by atoms with Gasteiger partial charge in [0, 0.05) is 23.6 Å². The van der Waals surface area contributed by atoms with Gasteiger partial charge in [-0.05, 0) is 30.7 Å². The molecule has 2 aromatic rings. The fourth-order valence-corrected chi connectivity index (χ4v) is 4.64. The summed E-state index contributed by atoms with van der Waals surface area (Å²) in [6.07, 6.45) is -1.29. The molecule has 0 saturated carbocycles. The van der Waals surface area contributed by atoms with Crippen molar-refractivity contribution >= 4 is 35.2 Å². The molecule has 2 aromatic carbocycles. The van der Waals surface area contributed by atoms with Crippen LogP contribution in [0.3, 0.4) is 0 Å². The number of allylic oxidation sites excluding steroid dienone is 1. The number of nitro groups is 1. The summed E-state index contributed by atoms with van der Waals surface area (Å²) in [7, 11) is 1.56. The Kier molecular flexibility index (Phi) is 6.89. The molecule has 0 fully saturated rings. The lowest BCUT2D eigenvalue weighted by Crippen LogP contribution is -2.53. The van der Waals surface area contributed by atoms with Crippen molar-refractivity contribution in [3.8, 4) is 5.75 Å². The average Bonchev–Trinajstić information content (AvgIpc) is 2.77. The lowest BCUT2D eigenvalue weighted by molar-refractivity contribution is -0.384. The number of anilines is 1. The first kappa shape index (κ1) is 22.9. The van der Waals surface area contributed by atoms with Crippen molar-refractivity contribution in [2.45, 2.75) is 18.2 Å². The van der Waals surface area contributed by atoms with E-state index in [9.17, 15) is 29.9 Å². The first-order valence-electron chi connectivity index (χ1n) is 9.43. The van der Waals surface area contributed by atoms with E-state index in [1.807, 2.05) is 12.1 Å². The third-order valence-corrected chi connectivity index (χ3v) is 6.26. The van der Waals surface area contributed by atoms with Crippen LogP contribution < -0.4 is 9.64 Å². The summed E-state index contributed by atoms with van der Waals surface area (Å²) in [4.78, 5) is 37.1. The van der Waals surface area contributed by atoms with Crippen LogP contribution >= 0.6 is 11.8 Å². The highest BCUT2D eigenvalue weighted by molar-refractivity contribution is 7.99. The number of amides is 1. The molecule has 1 amide bonds. The normalized spacial score (nSPS) is 16.1. The molecule has 0 radical (unpaired) electrons. The van der Waals surface area contributed by atoms with Crippen LogP contribution in [-0.2, 0) is 10.5 Å². The number of benzene rings is 2. The molecule has 2 N–H and O–H groups in total. The molecule has 0 spiro atoms. The number of carboxylic acids is 1. The lowest BCUT2D eigenvalue weighted by atomic mass is 10.1. The fraction of sp³-hybridized carbons (Fsp3) is 0.238. The Morgan fingerprint density at radius 1 is 1.22 bits per heavy atom. The van der Waals surface area contributed by atoms with Gasteiger partial charge < -0.3 is 19.8 Å². The second-order valence-electron chi connectivity index (χ2n) is 6.91. The predicted molar refractivity (Wildman–Crippen MR) is 119 cm³/mol. The molecule has 3 rings (SSSR count). The van der Waals surface area contributed by atoms with Gasteiger partial charge in [-0.3, -0.25) is 15.0 Å². The molecule has 1 aliphatic rings. The maximum atomic E-state index is 12.0. The molecule has 1 unspecified atom stereocenters. The molecular weight excluding hydrogens is 438 g/mol. The van der Waals surface area contributed by atoms with E-state index in [-0.39, 0.29) is 17.8 Å². The summed E-state index contributed by atoms with van der Waals surface area (Å²) in [5.41, 5.74) is 0.445. The van der Waals surface area contributed by atoms with Gasteiger partial charge in [-0.2, -0.15) is 0 Å². The van der Waals surface area contributed by atoms with Gasteiger partial charge in [-0.1, -0.05) is 18.2 Å². The summed E-state index contributed by atoms with van der Waals surface area (Å²) in [5, 5.41) is 30.7. The van der Waals surface area contributed by atoms with E-state index in [0.29, 0.717) is 22.9 Å².